The number of thiazole rings is 1. The van der Waals surface area contributed by atoms with Crippen molar-refractivity contribution in [1.29, 1.82) is 0 Å². The van der Waals surface area contributed by atoms with Crippen molar-refractivity contribution in [3.8, 4) is 0 Å². The largest absolute Gasteiger partial charge is 0.459 e. The van der Waals surface area contributed by atoms with E-state index in [9.17, 15) is 9.59 Å². The Kier molecular flexibility index (Phi) is 4.76. The van der Waals surface area contributed by atoms with Gasteiger partial charge in [0.25, 0.3) is 5.91 Å². The summed E-state index contributed by atoms with van der Waals surface area (Å²) in [6.45, 7) is 4.19. The van der Waals surface area contributed by atoms with Gasteiger partial charge in [0.15, 0.2) is 5.76 Å². The fourth-order valence-electron chi connectivity index (χ4n) is 2.60. The molecular formula is C16H19N3O3S. The second-order valence-corrected chi connectivity index (χ2v) is 6.48. The fourth-order valence-corrected chi connectivity index (χ4v) is 3.38. The first-order valence-electron chi connectivity index (χ1n) is 7.65. The monoisotopic (exact) mass is 333 g/mol. The van der Waals surface area contributed by atoms with Gasteiger partial charge in [-0.25, -0.2) is 4.98 Å². The Bertz CT molecular complexity index is 673. The van der Waals surface area contributed by atoms with Crippen molar-refractivity contribution < 1.29 is 14.0 Å². The highest BCUT2D eigenvalue weighted by Gasteiger charge is 2.25. The van der Waals surface area contributed by atoms with E-state index in [1.54, 1.807) is 28.4 Å². The van der Waals surface area contributed by atoms with E-state index in [4.69, 9.17) is 4.42 Å². The smallest absolute Gasteiger partial charge is 0.289 e. The van der Waals surface area contributed by atoms with Gasteiger partial charge in [0, 0.05) is 50.1 Å². The summed E-state index contributed by atoms with van der Waals surface area (Å²) in [7, 11) is 0. The van der Waals surface area contributed by atoms with Gasteiger partial charge in [-0.1, -0.05) is 0 Å². The summed E-state index contributed by atoms with van der Waals surface area (Å²) in [5.74, 6) is 0.368. The van der Waals surface area contributed by atoms with Gasteiger partial charge in [-0.15, -0.1) is 11.3 Å². The lowest BCUT2D eigenvalue weighted by Crippen LogP contribution is -2.50. The molecule has 0 aliphatic carbocycles. The van der Waals surface area contributed by atoms with Crippen LogP contribution in [-0.4, -0.2) is 52.8 Å². The molecule has 7 heteroatoms. The van der Waals surface area contributed by atoms with Gasteiger partial charge < -0.3 is 14.2 Å². The molecule has 122 valence electrons. The van der Waals surface area contributed by atoms with Crippen LogP contribution in [0, 0.1) is 6.92 Å². The van der Waals surface area contributed by atoms with Crippen LogP contribution < -0.4 is 0 Å². The normalized spacial score (nSPS) is 15.0. The van der Waals surface area contributed by atoms with Crippen molar-refractivity contribution in [1.82, 2.24) is 14.8 Å². The highest BCUT2D eigenvalue weighted by Crippen LogP contribution is 2.13. The second-order valence-electron chi connectivity index (χ2n) is 5.53. The molecule has 2 aromatic heterocycles. The van der Waals surface area contributed by atoms with Gasteiger partial charge in [0.05, 0.1) is 11.3 Å². The first kappa shape index (κ1) is 15.7. The van der Waals surface area contributed by atoms with Crippen LogP contribution in [0.3, 0.4) is 0 Å². The molecule has 3 rings (SSSR count). The Morgan fingerprint density at radius 1 is 1.26 bits per heavy atom. The summed E-state index contributed by atoms with van der Waals surface area (Å²) < 4.78 is 5.13. The lowest BCUT2D eigenvalue weighted by atomic mass is 10.2. The van der Waals surface area contributed by atoms with Crippen molar-refractivity contribution in [2.45, 2.75) is 19.8 Å². The average Bonchev–Trinajstić information content (AvgIpc) is 3.24. The van der Waals surface area contributed by atoms with Gasteiger partial charge in [0.2, 0.25) is 5.91 Å². The molecule has 6 nitrogen and oxygen atoms in total. The van der Waals surface area contributed by atoms with Crippen LogP contribution in [0.25, 0.3) is 0 Å². The first-order valence-corrected chi connectivity index (χ1v) is 8.53. The zero-order valence-corrected chi connectivity index (χ0v) is 13.8. The molecule has 3 heterocycles. The molecule has 1 fully saturated rings. The minimum atomic E-state index is -0.111. The number of hydrogen-bond donors (Lipinski definition) is 0. The SMILES string of the molecule is Cc1csc(CCC(=O)N2CCN(C(=O)c3ccco3)CC2)n1. The lowest BCUT2D eigenvalue weighted by Gasteiger charge is -2.34. The van der Waals surface area contributed by atoms with E-state index in [2.05, 4.69) is 4.98 Å². The van der Waals surface area contributed by atoms with E-state index < -0.39 is 0 Å². The molecule has 1 aliphatic heterocycles. The predicted molar refractivity (Wildman–Crippen MR) is 86.4 cm³/mol. The third-order valence-corrected chi connectivity index (χ3v) is 4.90. The van der Waals surface area contributed by atoms with Gasteiger partial charge in [-0.2, -0.15) is 0 Å². The van der Waals surface area contributed by atoms with Gasteiger partial charge in [-0.3, -0.25) is 9.59 Å². The predicted octanol–water partition coefficient (Wildman–Crippen LogP) is 1.96. The number of carbonyl (C=O) groups is 2. The standard InChI is InChI=1S/C16H19N3O3S/c1-12-11-23-14(17-12)4-5-15(20)18-6-8-19(9-7-18)16(21)13-3-2-10-22-13/h2-3,10-11H,4-9H2,1H3. The molecule has 1 saturated heterocycles. The Morgan fingerprint density at radius 3 is 2.61 bits per heavy atom. The Balaban J connectivity index is 1.46. The number of carbonyl (C=O) groups excluding carboxylic acids is 2. The highest BCUT2D eigenvalue weighted by atomic mass is 32.1. The van der Waals surface area contributed by atoms with Gasteiger partial charge >= 0.3 is 0 Å². The number of rotatable bonds is 4. The molecule has 1 aliphatic rings. The van der Waals surface area contributed by atoms with Crippen LogP contribution in [0.15, 0.2) is 28.2 Å². The quantitative estimate of drug-likeness (QED) is 0.858. The summed E-state index contributed by atoms with van der Waals surface area (Å²) in [6, 6.07) is 3.36. The molecule has 0 N–H and O–H groups in total. The second kappa shape index (κ2) is 6.95. The fraction of sp³-hybridized carbons (Fsp3) is 0.438. The third-order valence-electron chi connectivity index (χ3n) is 3.87. The molecule has 2 aromatic rings. The molecule has 0 radical (unpaired) electrons. The number of aryl methyl sites for hydroxylation is 2. The van der Waals surface area contributed by atoms with E-state index in [1.807, 2.05) is 17.2 Å². The van der Waals surface area contributed by atoms with Crippen molar-refractivity contribution >= 4 is 23.2 Å². The lowest BCUT2D eigenvalue weighted by molar-refractivity contribution is -0.132. The summed E-state index contributed by atoms with van der Waals surface area (Å²) in [6.07, 6.45) is 2.65. The molecular weight excluding hydrogens is 314 g/mol. The first-order chi connectivity index (χ1) is 11.1. The molecule has 0 bridgehead atoms. The third kappa shape index (κ3) is 3.79. The number of piperazine rings is 1. The van der Waals surface area contributed by atoms with E-state index in [1.165, 1.54) is 6.26 Å². The van der Waals surface area contributed by atoms with Crippen LogP contribution in [0.4, 0.5) is 0 Å². The molecule has 0 atom stereocenters. The molecule has 0 aromatic carbocycles. The summed E-state index contributed by atoms with van der Waals surface area (Å²) in [5.41, 5.74) is 1.00. The number of aromatic nitrogens is 1. The average molecular weight is 333 g/mol. The van der Waals surface area contributed by atoms with Crippen molar-refractivity contribution in [2.24, 2.45) is 0 Å². The number of amides is 2. The van der Waals surface area contributed by atoms with E-state index in [0.717, 1.165) is 10.7 Å². The van der Waals surface area contributed by atoms with Crippen LogP contribution in [0.5, 0.6) is 0 Å². The molecule has 23 heavy (non-hydrogen) atoms. The Hall–Kier alpha value is -2.15. The Labute approximate surface area is 138 Å². The maximum Gasteiger partial charge on any atom is 0.289 e. The van der Waals surface area contributed by atoms with E-state index in [0.29, 0.717) is 44.8 Å². The molecule has 0 spiro atoms. The molecule has 0 saturated carbocycles. The summed E-state index contributed by atoms with van der Waals surface area (Å²) in [4.78, 5) is 32.4. The van der Waals surface area contributed by atoms with E-state index >= 15 is 0 Å². The van der Waals surface area contributed by atoms with Crippen molar-refractivity contribution in [3.63, 3.8) is 0 Å². The van der Waals surface area contributed by atoms with Crippen LogP contribution in [0.1, 0.15) is 27.7 Å². The topological polar surface area (TPSA) is 66.7 Å². The summed E-state index contributed by atoms with van der Waals surface area (Å²) in [5, 5.41) is 3.00. The van der Waals surface area contributed by atoms with E-state index in [-0.39, 0.29) is 11.8 Å². The number of nitrogens with zero attached hydrogens (tertiary/aromatic N) is 3. The summed E-state index contributed by atoms with van der Waals surface area (Å²) >= 11 is 1.60. The van der Waals surface area contributed by atoms with Crippen LogP contribution >= 0.6 is 11.3 Å². The zero-order valence-electron chi connectivity index (χ0n) is 13.0. The minimum Gasteiger partial charge on any atom is -0.459 e. The molecule has 2 amide bonds. The Morgan fingerprint density at radius 2 is 2.00 bits per heavy atom. The van der Waals surface area contributed by atoms with Crippen LogP contribution in [-0.2, 0) is 11.2 Å². The maximum absolute atomic E-state index is 12.3. The maximum atomic E-state index is 12.3. The van der Waals surface area contributed by atoms with Crippen molar-refractivity contribution in [3.05, 3.63) is 40.2 Å². The van der Waals surface area contributed by atoms with Crippen LogP contribution in [0.2, 0.25) is 0 Å². The highest BCUT2D eigenvalue weighted by molar-refractivity contribution is 7.09. The van der Waals surface area contributed by atoms with Gasteiger partial charge in [0.1, 0.15) is 0 Å². The van der Waals surface area contributed by atoms with Crippen molar-refractivity contribution in [2.75, 3.05) is 26.2 Å². The zero-order chi connectivity index (χ0) is 16.2. The van der Waals surface area contributed by atoms with Gasteiger partial charge in [-0.05, 0) is 19.1 Å². The number of furan rings is 1. The number of hydrogen-bond acceptors (Lipinski definition) is 5. The minimum absolute atomic E-state index is 0.111. The molecule has 0 unspecified atom stereocenters.